The molecule has 4 aliphatic rings. The quantitative estimate of drug-likeness (QED) is 0.778. The van der Waals surface area contributed by atoms with Crippen molar-refractivity contribution in [3.05, 3.63) is 11.6 Å². The third kappa shape index (κ3) is 2.07. The molecule has 0 radical (unpaired) electrons. The molecule has 0 bridgehead atoms. The van der Waals surface area contributed by atoms with Crippen LogP contribution in [0.2, 0.25) is 0 Å². The minimum atomic E-state index is -2.99. The van der Waals surface area contributed by atoms with E-state index in [0.717, 1.165) is 0 Å². The SMILES string of the molecule is [2H]C1=C2C([2H])([2H])C[C@H]3[C@@H]4CC[C@](O)(C(=O)CO)[C@@]4(C)C([2H])([2H])C(=O)[C@]3([2H])[C@@]2(C)CC([2H])([2H])C1=O. The van der Waals surface area contributed by atoms with Crippen LogP contribution in [0.25, 0.3) is 0 Å². The number of hydrogen-bond acceptors (Lipinski definition) is 5. The number of carbonyl (C=O) groups is 3. The summed E-state index contributed by atoms with van der Waals surface area (Å²) in [7, 11) is 0. The van der Waals surface area contributed by atoms with Gasteiger partial charge in [-0.1, -0.05) is 19.4 Å². The lowest BCUT2D eigenvalue weighted by Gasteiger charge is -2.57. The first-order chi connectivity index (χ1) is 15.2. The second-order valence-corrected chi connectivity index (χ2v) is 8.16. The first-order valence-electron chi connectivity index (χ1n) is 12.9. The van der Waals surface area contributed by atoms with Gasteiger partial charge >= 0.3 is 0 Å². The molecule has 0 unspecified atom stereocenters. The summed E-state index contributed by atoms with van der Waals surface area (Å²) in [6.45, 7) is 1.38. The molecule has 3 saturated carbocycles. The maximum Gasteiger partial charge on any atom is 0.190 e. The summed E-state index contributed by atoms with van der Waals surface area (Å²) in [6.07, 6.45) is -9.67. The summed E-state index contributed by atoms with van der Waals surface area (Å²) in [5.41, 5.74) is -7.00. The van der Waals surface area contributed by atoms with Gasteiger partial charge in [-0.25, -0.2) is 0 Å². The van der Waals surface area contributed by atoms with Gasteiger partial charge in [-0.2, -0.15) is 0 Å². The predicted octanol–water partition coefficient (Wildman–Crippen LogP) is 1.99. The number of rotatable bonds is 2. The Morgan fingerprint density at radius 1 is 1.35 bits per heavy atom. The first kappa shape index (κ1) is 10.9. The lowest BCUT2D eigenvalue weighted by molar-refractivity contribution is -0.170. The van der Waals surface area contributed by atoms with Gasteiger partial charge in [0.1, 0.15) is 18.0 Å². The molecule has 0 aromatic heterocycles. The number of ketones is 3. The Hall–Kier alpha value is -1.33. The van der Waals surface area contributed by atoms with Crippen molar-refractivity contribution in [2.24, 2.45) is 28.6 Å². The Morgan fingerprint density at radius 3 is 2.77 bits per heavy atom. The van der Waals surface area contributed by atoms with Crippen LogP contribution in [0.4, 0.5) is 0 Å². The van der Waals surface area contributed by atoms with Crippen LogP contribution in [0.5, 0.6) is 0 Å². The van der Waals surface area contributed by atoms with Crippen LogP contribution in [0, 0.1) is 28.6 Å². The molecule has 5 nitrogen and oxygen atoms in total. The average molecular weight is 368 g/mol. The summed E-state index contributed by atoms with van der Waals surface area (Å²) in [5.74, 6) is -8.39. The number of carbonyl (C=O) groups excluding carboxylic acids is 3. The monoisotopic (exact) mass is 368 g/mol. The summed E-state index contributed by atoms with van der Waals surface area (Å²) in [5, 5.41) is 20.8. The van der Waals surface area contributed by atoms with Gasteiger partial charge < -0.3 is 10.2 Å². The smallest absolute Gasteiger partial charge is 0.190 e. The second-order valence-electron chi connectivity index (χ2n) is 8.16. The van der Waals surface area contributed by atoms with E-state index in [1.807, 2.05) is 0 Å². The van der Waals surface area contributed by atoms with Crippen molar-refractivity contribution in [2.75, 3.05) is 6.61 Å². The predicted molar refractivity (Wildman–Crippen MR) is 94.1 cm³/mol. The molecule has 0 aliphatic heterocycles. The van der Waals surface area contributed by atoms with Gasteiger partial charge in [-0.15, -0.1) is 0 Å². The average Bonchev–Trinajstić information content (AvgIpc) is 3.00. The summed E-state index contributed by atoms with van der Waals surface area (Å²) in [4.78, 5) is 39.1. The Morgan fingerprint density at radius 2 is 2.08 bits per heavy atom. The zero-order chi connectivity index (χ0) is 26.1. The number of Topliss-reactive ketones (excluding diaryl/α,β-unsaturated/α-hetero) is 2. The maximum atomic E-state index is 14.0. The van der Waals surface area contributed by atoms with Crippen molar-refractivity contribution in [3.63, 3.8) is 0 Å². The van der Waals surface area contributed by atoms with Crippen molar-refractivity contribution in [2.45, 2.75) is 64.3 Å². The van der Waals surface area contributed by atoms with Gasteiger partial charge in [0.05, 0.1) is 1.37 Å². The minimum Gasteiger partial charge on any atom is -0.388 e. The fraction of sp³-hybridized carbons (Fsp3) is 0.762. The summed E-state index contributed by atoms with van der Waals surface area (Å²) in [6, 6.07) is -0.936. The van der Waals surface area contributed by atoms with E-state index in [1.54, 1.807) is 0 Å². The fourth-order valence-corrected chi connectivity index (χ4v) is 5.48. The van der Waals surface area contributed by atoms with Gasteiger partial charge in [0.25, 0.3) is 0 Å². The largest absolute Gasteiger partial charge is 0.388 e. The Labute approximate surface area is 165 Å². The van der Waals surface area contributed by atoms with E-state index < -0.39 is 102 Å². The lowest BCUT2D eigenvalue weighted by Crippen LogP contribution is -2.60. The number of allylic oxidation sites excluding steroid dienone is 1. The zero-order valence-corrected chi connectivity index (χ0v) is 14.8. The summed E-state index contributed by atoms with van der Waals surface area (Å²) >= 11 is 0. The van der Waals surface area contributed by atoms with Crippen molar-refractivity contribution in [1.29, 1.82) is 0 Å². The van der Waals surface area contributed by atoms with E-state index in [4.69, 9.17) is 9.60 Å². The van der Waals surface area contributed by atoms with E-state index in [1.165, 1.54) is 13.8 Å². The molecule has 0 amide bonds. The molecule has 142 valence electrons. The molecule has 3 fully saturated rings. The summed E-state index contributed by atoms with van der Waals surface area (Å²) < 4.78 is 69.0. The van der Waals surface area contributed by atoms with E-state index >= 15 is 0 Å². The normalized spacial score (nSPS) is 61.2. The number of aliphatic hydroxyl groups is 2. The molecule has 0 heterocycles. The van der Waals surface area contributed by atoms with Crippen LogP contribution in [-0.4, -0.2) is 39.8 Å². The molecule has 0 spiro atoms. The highest BCUT2D eigenvalue weighted by molar-refractivity contribution is 5.94. The molecule has 4 aliphatic carbocycles. The van der Waals surface area contributed by atoms with Crippen LogP contribution >= 0.6 is 0 Å². The third-order valence-electron chi connectivity index (χ3n) is 6.98. The molecule has 5 heteroatoms. The highest BCUT2D eigenvalue weighted by Gasteiger charge is 2.68. The van der Waals surface area contributed by atoms with Gasteiger partial charge in [0.15, 0.2) is 11.6 Å². The molecule has 26 heavy (non-hydrogen) atoms. The Kier molecular flexibility index (Phi) is 2.33. The molecule has 0 aromatic rings. The van der Waals surface area contributed by atoms with Crippen molar-refractivity contribution in [1.82, 2.24) is 0 Å². The first-order valence-corrected chi connectivity index (χ1v) is 8.90. The molecular formula is C21H28O5. The van der Waals surface area contributed by atoms with E-state index in [0.29, 0.717) is 0 Å². The van der Waals surface area contributed by atoms with Gasteiger partial charge in [-0.3, -0.25) is 14.4 Å². The minimum absolute atomic E-state index is 0.0262. The highest BCUT2D eigenvalue weighted by atomic mass is 16.3. The molecule has 4 rings (SSSR count). The lowest BCUT2D eigenvalue weighted by atomic mass is 9.46. The standard InChI is InChI=1S/C21H28O5/c1-19-7-5-13(23)9-12(19)3-4-14-15-6-8-21(26,17(25)11-22)20(15,2)10-16(24)18(14)19/h9,14-15,18,22,26H,3-8,10-11H2,1-2H3/t14-,15-,18+,19-,20-,21-/m0/s1/i3D2,5D2,9D,10D2,18D. The van der Waals surface area contributed by atoms with Crippen LogP contribution in [0.15, 0.2) is 11.6 Å². The third-order valence-corrected chi connectivity index (χ3v) is 6.98. The van der Waals surface area contributed by atoms with Crippen LogP contribution in [-0.2, 0) is 14.4 Å². The van der Waals surface area contributed by atoms with Gasteiger partial charge in [0.2, 0.25) is 0 Å². The molecule has 0 saturated heterocycles. The second kappa shape index (κ2) is 5.59. The Balaban J connectivity index is 2.04. The molecule has 2 N–H and O–H groups in total. The maximum absolute atomic E-state index is 14.0. The van der Waals surface area contributed by atoms with E-state index in [-0.39, 0.29) is 12.8 Å². The number of aliphatic hydroxyl groups excluding tert-OH is 1. The number of fused-ring (bicyclic) bond motifs is 5. The topological polar surface area (TPSA) is 91.7 Å². The highest BCUT2D eigenvalue weighted by Crippen LogP contribution is 2.66. The van der Waals surface area contributed by atoms with Crippen LogP contribution < -0.4 is 0 Å². The van der Waals surface area contributed by atoms with Crippen molar-refractivity contribution >= 4 is 17.3 Å². The molecule has 6 atom stereocenters. The van der Waals surface area contributed by atoms with Crippen LogP contribution in [0.1, 0.15) is 69.6 Å². The van der Waals surface area contributed by atoms with Gasteiger partial charge in [0, 0.05) is 33.7 Å². The molecular weight excluding hydrogens is 332 g/mol. The van der Waals surface area contributed by atoms with Gasteiger partial charge in [-0.05, 0) is 55.4 Å². The molecule has 0 aromatic carbocycles. The van der Waals surface area contributed by atoms with E-state index in [9.17, 15) is 26.0 Å². The Bertz CT molecular complexity index is 1060. The van der Waals surface area contributed by atoms with Crippen LogP contribution in [0.3, 0.4) is 0 Å². The zero-order valence-electron chi connectivity index (χ0n) is 22.8. The van der Waals surface area contributed by atoms with E-state index in [2.05, 4.69) is 0 Å². The van der Waals surface area contributed by atoms with Crippen molar-refractivity contribution < 1.29 is 35.6 Å². The number of hydrogen-bond donors (Lipinski definition) is 2. The fourth-order valence-electron chi connectivity index (χ4n) is 5.48. The van der Waals surface area contributed by atoms with Crippen molar-refractivity contribution in [3.8, 4) is 0 Å².